The fourth-order valence-corrected chi connectivity index (χ4v) is 1.20. The molecule has 14 heavy (non-hydrogen) atoms. The maximum atomic E-state index is 10.7. The molecule has 0 amide bonds. The van der Waals surface area contributed by atoms with Gasteiger partial charge in [0.15, 0.2) is 0 Å². The van der Waals surface area contributed by atoms with E-state index in [1.807, 2.05) is 6.07 Å². The maximum absolute atomic E-state index is 10.7. The molecule has 0 spiro atoms. The lowest BCUT2D eigenvalue weighted by Gasteiger charge is -2.14. The zero-order valence-electron chi connectivity index (χ0n) is 8.48. The minimum absolute atomic E-state index is 0.316. The predicted molar refractivity (Wildman–Crippen MR) is 51.0 cm³/mol. The maximum Gasteiger partial charge on any atom is 0.303 e. The molecule has 4 nitrogen and oxygen atoms in total. The Morgan fingerprint density at radius 2 is 2.29 bits per heavy atom. The molecule has 1 rings (SSSR count). The Morgan fingerprint density at radius 3 is 2.86 bits per heavy atom. The number of carbonyl (C=O) groups is 1. The van der Waals surface area contributed by atoms with Crippen LogP contribution in [0, 0.1) is 0 Å². The van der Waals surface area contributed by atoms with Gasteiger partial charge in [0.2, 0.25) is 5.88 Å². The van der Waals surface area contributed by atoms with Gasteiger partial charge in [0.25, 0.3) is 0 Å². The predicted octanol–water partition coefficient (Wildman–Crippen LogP) is 1.71. The van der Waals surface area contributed by atoms with Crippen LogP contribution in [0.5, 0.6) is 5.88 Å². The molecule has 1 atom stereocenters. The Hall–Kier alpha value is -1.58. The Morgan fingerprint density at radius 1 is 1.57 bits per heavy atom. The molecule has 0 N–H and O–H groups in total. The molecular formula is C10H13NO3. The van der Waals surface area contributed by atoms with Crippen molar-refractivity contribution in [2.75, 3.05) is 7.11 Å². The highest BCUT2D eigenvalue weighted by molar-refractivity contribution is 5.66. The molecule has 0 aliphatic rings. The number of methoxy groups -OCH3 is 1. The average molecular weight is 195 g/mol. The SMILES string of the molecule is COc1ncccc1C(C)OC(C)=O. The summed E-state index contributed by atoms with van der Waals surface area (Å²) in [7, 11) is 1.53. The fourth-order valence-electron chi connectivity index (χ4n) is 1.20. The van der Waals surface area contributed by atoms with E-state index < -0.39 is 0 Å². The number of hydrogen-bond donors (Lipinski definition) is 0. The topological polar surface area (TPSA) is 48.4 Å². The van der Waals surface area contributed by atoms with Gasteiger partial charge >= 0.3 is 5.97 Å². The lowest BCUT2D eigenvalue weighted by Crippen LogP contribution is -2.06. The summed E-state index contributed by atoms with van der Waals surface area (Å²) in [6.07, 6.45) is 1.29. The smallest absolute Gasteiger partial charge is 0.303 e. The first kappa shape index (κ1) is 10.5. The van der Waals surface area contributed by atoms with Crippen molar-refractivity contribution in [3.63, 3.8) is 0 Å². The Balaban J connectivity index is 2.87. The highest BCUT2D eigenvalue weighted by Crippen LogP contribution is 2.24. The number of carbonyl (C=O) groups excluding carboxylic acids is 1. The summed E-state index contributed by atoms with van der Waals surface area (Å²) in [5.74, 6) is 0.171. The Bertz CT molecular complexity index is 325. The van der Waals surface area contributed by atoms with E-state index in [9.17, 15) is 4.79 Å². The highest BCUT2D eigenvalue weighted by Gasteiger charge is 2.13. The van der Waals surface area contributed by atoms with E-state index >= 15 is 0 Å². The summed E-state index contributed by atoms with van der Waals surface area (Å²) in [5, 5.41) is 0. The zero-order chi connectivity index (χ0) is 10.6. The lowest BCUT2D eigenvalue weighted by atomic mass is 10.2. The van der Waals surface area contributed by atoms with Crippen molar-refractivity contribution in [3.05, 3.63) is 23.9 Å². The molecule has 0 aliphatic heterocycles. The van der Waals surface area contributed by atoms with Gasteiger partial charge in [0, 0.05) is 13.1 Å². The molecule has 0 fully saturated rings. The molecule has 0 saturated heterocycles. The zero-order valence-corrected chi connectivity index (χ0v) is 8.48. The average Bonchev–Trinajstić information content (AvgIpc) is 2.16. The van der Waals surface area contributed by atoms with Gasteiger partial charge in [0.05, 0.1) is 12.7 Å². The van der Waals surface area contributed by atoms with Crippen molar-refractivity contribution in [3.8, 4) is 5.88 Å². The number of nitrogens with zero attached hydrogens (tertiary/aromatic N) is 1. The van der Waals surface area contributed by atoms with Crippen molar-refractivity contribution in [1.29, 1.82) is 0 Å². The second-order valence-corrected chi connectivity index (χ2v) is 2.85. The summed E-state index contributed by atoms with van der Waals surface area (Å²) in [5.41, 5.74) is 0.769. The second-order valence-electron chi connectivity index (χ2n) is 2.85. The van der Waals surface area contributed by atoms with Crippen LogP contribution in [0.15, 0.2) is 18.3 Å². The normalized spacial score (nSPS) is 11.9. The van der Waals surface area contributed by atoms with Crippen molar-refractivity contribution in [1.82, 2.24) is 4.98 Å². The summed E-state index contributed by atoms with van der Waals surface area (Å²) in [6, 6.07) is 3.59. The first-order chi connectivity index (χ1) is 6.65. The van der Waals surface area contributed by atoms with Crippen LogP contribution in [0.25, 0.3) is 0 Å². The number of pyridine rings is 1. The quantitative estimate of drug-likeness (QED) is 0.689. The molecule has 1 heterocycles. The van der Waals surface area contributed by atoms with E-state index in [1.165, 1.54) is 14.0 Å². The van der Waals surface area contributed by atoms with Gasteiger partial charge in [-0.3, -0.25) is 4.79 Å². The van der Waals surface area contributed by atoms with Crippen molar-refractivity contribution in [2.24, 2.45) is 0 Å². The third-order valence-electron chi connectivity index (χ3n) is 1.77. The fraction of sp³-hybridized carbons (Fsp3) is 0.400. The van der Waals surface area contributed by atoms with E-state index in [2.05, 4.69) is 4.98 Å². The molecule has 0 aliphatic carbocycles. The van der Waals surface area contributed by atoms with Crippen LogP contribution in [0.3, 0.4) is 0 Å². The number of aromatic nitrogens is 1. The molecule has 1 aromatic rings. The summed E-state index contributed by atoms with van der Waals surface area (Å²) < 4.78 is 10.1. The first-order valence-corrected chi connectivity index (χ1v) is 4.31. The molecule has 1 unspecified atom stereocenters. The highest BCUT2D eigenvalue weighted by atomic mass is 16.5. The van der Waals surface area contributed by atoms with Crippen LogP contribution in [0.1, 0.15) is 25.5 Å². The van der Waals surface area contributed by atoms with Crippen LogP contribution >= 0.6 is 0 Å². The van der Waals surface area contributed by atoms with Gasteiger partial charge in [0.1, 0.15) is 6.10 Å². The van der Waals surface area contributed by atoms with Crippen LogP contribution in [-0.4, -0.2) is 18.1 Å². The van der Waals surface area contributed by atoms with Gasteiger partial charge in [-0.2, -0.15) is 0 Å². The summed E-state index contributed by atoms with van der Waals surface area (Å²) in [6.45, 7) is 3.15. The Kier molecular flexibility index (Phi) is 3.45. The summed E-state index contributed by atoms with van der Waals surface area (Å²) >= 11 is 0. The molecule has 1 aromatic heterocycles. The van der Waals surface area contributed by atoms with Gasteiger partial charge in [-0.15, -0.1) is 0 Å². The lowest BCUT2D eigenvalue weighted by molar-refractivity contribution is -0.145. The van der Waals surface area contributed by atoms with Gasteiger partial charge in [-0.1, -0.05) is 0 Å². The Labute approximate surface area is 82.9 Å². The van der Waals surface area contributed by atoms with E-state index in [0.717, 1.165) is 5.56 Å². The van der Waals surface area contributed by atoms with E-state index in [1.54, 1.807) is 19.2 Å². The van der Waals surface area contributed by atoms with E-state index in [4.69, 9.17) is 9.47 Å². The third-order valence-corrected chi connectivity index (χ3v) is 1.77. The van der Waals surface area contributed by atoms with Crippen LogP contribution in [-0.2, 0) is 9.53 Å². The molecule has 0 bridgehead atoms. The molecule has 76 valence electrons. The van der Waals surface area contributed by atoms with Gasteiger partial charge < -0.3 is 9.47 Å². The van der Waals surface area contributed by atoms with Crippen LogP contribution in [0.2, 0.25) is 0 Å². The molecule has 4 heteroatoms. The van der Waals surface area contributed by atoms with Crippen molar-refractivity contribution in [2.45, 2.75) is 20.0 Å². The second kappa shape index (κ2) is 4.60. The van der Waals surface area contributed by atoms with Crippen LogP contribution in [0.4, 0.5) is 0 Å². The van der Waals surface area contributed by atoms with Gasteiger partial charge in [-0.25, -0.2) is 4.98 Å². The van der Waals surface area contributed by atoms with Crippen molar-refractivity contribution < 1.29 is 14.3 Å². The first-order valence-electron chi connectivity index (χ1n) is 4.31. The molecular weight excluding hydrogens is 182 g/mol. The number of esters is 1. The molecule has 0 radical (unpaired) electrons. The number of ether oxygens (including phenoxy) is 2. The summed E-state index contributed by atoms with van der Waals surface area (Å²) in [4.78, 5) is 14.8. The number of hydrogen-bond acceptors (Lipinski definition) is 4. The largest absolute Gasteiger partial charge is 0.481 e. The van der Waals surface area contributed by atoms with Crippen LogP contribution < -0.4 is 4.74 Å². The monoisotopic (exact) mass is 195 g/mol. The standard InChI is InChI=1S/C10H13NO3/c1-7(14-8(2)12)9-5-4-6-11-10(9)13-3/h4-7H,1-3H3. The molecule has 0 aromatic carbocycles. The minimum atomic E-state index is -0.337. The van der Waals surface area contributed by atoms with Gasteiger partial charge in [-0.05, 0) is 19.1 Å². The third kappa shape index (κ3) is 2.45. The van der Waals surface area contributed by atoms with E-state index in [-0.39, 0.29) is 12.1 Å². The number of rotatable bonds is 3. The minimum Gasteiger partial charge on any atom is -0.481 e. The molecule has 0 saturated carbocycles. The van der Waals surface area contributed by atoms with Crippen molar-refractivity contribution >= 4 is 5.97 Å². The van der Waals surface area contributed by atoms with E-state index in [0.29, 0.717) is 5.88 Å².